The van der Waals surface area contributed by atoms with Crippen LogP contribution in [0, 0.1) is 5.92 Å². The van der Waals surface area contributed by atoms with Crippen molar-refractivity contribution in [2.75, 3.05) is 13.2 Å². The largest absolute Gasteiger partial charge is 0.396 e. The second-order valence-corrected chi connectivity index (χ2v) is 5.26. The van der Waals surface area contributed by atoms with E-state index in [-0.39, 0.29) is 12.6 Å². The van der Waals surface area contributed by atoms with Crippen LogP contribution in [0.4, 0.5) is 0 Å². The summed E-state index contributed by atoms with van der Waals surface area (Å²) in [5, 5.41) is 13.7. The molecule has 0 bridgehead atoms. The second kappa shape index (κ2) is 7.22. The first kappa shape index (κ1) is 14.8. The number of hydrogen-bond acceptors (Lipinski definition) is 2. The highest BCUT2D eigenvalue weighted by atomic mass is 35.5. The zero-order valence-corrected chi connectivity index (χ0v) is 11.7. The molecule has 0 heterocycles. The van der Waals surface area contributed by atoms with Crippen LogP contribution in [0.2, 0.25) is 10.0 Å². The van der Waals surface area contributed by atoms with Crippen LogP contribution in [-0.4, -0.2) is 18.3 Å². The van der Waals surface area contributed by atoms with Crippen molar-refractivity contribution in [2.24, 2.45) is 5.92 Å². The summed E-state index contributed by atoms with van der Waals surface area (Å²) in [6, 6.07) is 5.64. The molecule has 1 aromatic carbocycles. The molecule has 0 saturated heterocycles. The third-order valence-electron chi connectivity index (χ3n) is 2.82. The standard InChI is InChI=1S/C13H19Cl2NO/c1-9(5-6-17)8-16-10(2)12-7-11(14)3-4-13(12)15/h3-4,7,9-10,16-17H,5-6,8H2,1-2H3. The van der Waals surface area contributed by atoms with Gasteiger partial charge in [0.25, 0.3) is 0 Å². The molecule has 0 radical (unpaired) electrons. The van der Waals surface area contributed by atoms with Gasteiger partial charge in [0.2, 0.25) is 0 Å². The van der Waals surface area contributed by atoms with Gasteiger partial charge in [-0.3, -0.25) is 0 Å². The van der Waals surface area contributed by atoms with Crippen LogP contribution in [0.25, 0.3) is 0 Å². The van der Waals surface area contributed by atoms with Crippen molar-refractivity contribution in [3.63, 3.8) is 0 Å². The van der Waals surface area contributed by atoms with Gasteiger partial charge in [-0.2, -0.15) is 0 Å². The molecule has 17 heavy (non-hydrogen) atoms. The minimum Gasteiger partial charge on any atom is -0.396 e. The zero-order chi connectivity index (χ0) is 12.8. The Balaban J connectivity index is 2.57. The van der Waals surface area contributed by atoms with Crippen molar-refractivity contribution < 1.29 is 5.11 Å². The Bertz CT molecular complexity index is 357. The van der Waals surface area contributed by atoms with E-state index in [0.29, 0.717) is 10.9 Å². The van der Waals surface area contributed by atoms with E-state index >= 15 is 0 Å². The fourth-order valence-corrected chi connectivity index (χ4v) is 2.12. The molecule has 4 heteroatoms. The van der Waals surface area contributed by atoms with E-state index in [0.717, 1.165) is 23.6 Å². The summed E-state index contributed by atoms with van der Waals surface area (Å²) >= 11 is 12.1. The van der Waals surface area contributed by atoms with Gasteiger partial charge in [0.15, 0.2) is 0 Å². The minimum atomic E-state index is 0.155. The number of nitrogens with one attached hydrogen (secondary N) is 1. The molecule has 1 rings (SSSR count). The molecule has 0 aliphatic rings. The number of aliphatic hydroxyl groups is 1. The summed E-state index contributed by atoms with van der Waals surface area (Å²) in [5.41, 5.74) is 1.01. The quantitative estimate of drug-likeness (QED) is 0.831. The lowest BCUT2D eigenvalue weighted by molar-refractivity contribution is 0.258. The lowest BCUT2D eigenvalue weighted by atomic mass is 10.1. The zero-order valence-electron chi connectivity index (χ0n) is 10.2. The molecule has 0 aliphatic carbocycles. The van der Waals surface area contributed by atoms with Crippen molar-refractivity contribution in [3.8, 4) is 0 Å². The summed E-state index contributed by atoms with van der Waals surface area (Å²) in [6.45, 7) is 5.25. The van der Waals surface area contributed by atoms with Crippen LogP contribution in [0.5, 0.6) is 0 Å². The van der Waals surface area contributed by atoms with Gasteiger partial charge in [-0.05, 0) is 49.6 Å². The van der Waals surface area contributed by atoms with Crippen LogP contribution in [0.3, 0.4) is 0 Å². The molecule has 2 unspecified atom stereocenters. The third-order valence-corrected chi connectivity index (χ3v) is 3.40. The van der Waals surface area contributed by atoms with Gasteiger partial charge in [0.05, 0.1) is 0 Å². The first-order valence-corrected chi connectivity index (χ1v) is 6.59. The summed E-state index contributed by atoms with van der Waals surface area (Å²) in [7, 11) is 0. The first-order chi connectivity index (χ1) is 8.04. The molecule has 1 aromatic rings. The smallest absolute Gasteiger partial charge is 0.0454 e. The van der Waals surface area contributed by atoms with Crippen LogP contribution < -0.4 is 5.32 Å². The molecule has 2 N–H and O–H groups in total. The summed E-state index contributed by atoms with van der Waals surface area (Å²) in [4.78, 5) is 0. The van der Waals surface area contributed by atoms with Crippen LogP contribution in [0.15, 0.2) is 18.2 Å². The van der Waals surface area contributed by atoms with Crippen LogP contribution in [-0.2, 0) is 0 Å². The number of rotatable bonds is 6. The van der Waals surface area contributed by atoms with E-state index in [1.54, 1.807) is 6.07 Å². The number of benzene rings is 1. The average Bonchev–Trinajstić information content (AvgIpc) is 2.29. The Morgan fingerprint density at radius 1 is 1.29 bits per heavy atom. The number of aliphatic hydroxyl groups excluding tert-OH is 1. The van der Waals surface area contributed by atoms with Gasteiger partial charge < -0.3 is 10.4 Å². The number of hydrogen-bond donors (Lipinski definition) is 2. The minimum absolute atomic E-state index is 0.155. The van der Waals surface area contributed by atoms with Gasteiger partial charge >= 0.3 is 0 Å². The van der Waals surface area contributed by atoms with E-state index in [1.165, 1.54) is 0 Å². The fourth-order valence-electron chi connectivity index (χ4n) is 1.66. The Morgan fingerprint density at radius 2 is 2.00 bits per heavy atom. The normalized spacial score (nSPS) is 14.6. The average molecular weight is 276 g/mol. The fraction of sp³-hybridized carbons (Fsp3) is 0.538. The van der Waals surface area contributed by atoms with Crippen molar-refractivity contribution >= 4 is 23.2 Å². The van der Waals surface area contributed by atoms with E-state index < -0.39 is 0 Å². The predicted molar refractivity (Wildman–Crippen MR) is 73.7 cm³/mol. The maximum atomic E-state index is 8.83. The van der Waals surface area contributed by atoms with Gasteiger partial charge in [-0.15, -0.1) is 0 Å². The maximum Gasteiger partial charge on any atom is 0.0454 e. The van der Waals surface area contributed by atoms with Crippen molar-refractivity contribution in [1.82, 2.24) is 5.32 Å². The Labute approximate surface area is 113 Å². The lowest BCUT2D eigenvalue weighted by Crippen LogP contribution is -2.25. The topological polar surface area (TPSA) is 32.3 Å². The maximum absolute atomic E-state index is 8.83. The van der Waals surface area contributed by atoms with E-state index in [1.807, 2.05) is 12.1 Å². The summed E-state index contributed by atoms with van der Waals surface area (Å²) in [5.74, 6) is 0.445. The van der Waals surface area contributed by atoms with Gasteiger partial charge in [-0.1, -0.05) is 30.1 Å². The molecule has 0 saturated carbocycles. The molecule has 0 amide bonds. The summed E-state index contributed by atoms with van der Waals surface area (Å²) in [6.07, 6.45) is 0.809. The van der Waals surface area contributed by atoms with E-state index in [2.05, 4.69) is 19.2 Å². The molecule has 0 spiro atoms. The van der Waals surface area contributed by atoms with Gasteiger partial charge in [-0.25, -0.2) is 0 Å². The van der Waals surface area contributed by atoms with E-state index in [4.69, 9.17) is 28.3 Å². The molecule has 0 aliphatic heterocycles. The molecule has 0 fully saturated rings. The highest BCUT2D eigenvalue weighted by molar-refractivity contribution is 6.33. The van der Waals surface area contributed by atoms with Crippen LogP contribution >= 0.6 is 23.2 Å². The molecular formula is C13H19Cl2NO. The molecule has 0 aromatic heterocycles. The summed E-state index contributed by atoms with van der Waals surface area (Å²) < 4.78 is 0. The lowest BCUT2D eigenvalue weighted by Gasteiger charge is -2.18. The Hall–Kier alpha value is -0.280. The first-order valence-electron chi connectivity index (χ1n) is 5.83. The Morgan fingerprint density at radius 3 is 2.65 bits per heavy atom. The highest BCUT2D eigenvalue weighted by Crippen LogP contribution is 2.26. The highest BCUT2D eigenvalue weighted by Gasteiger charge is 2.11. The van der Waals surface area contributed by atoms with Gasteiger partial charge in [0, 0.05) is 22.7 Å². The molecule has 2 atom stereocenters. The second-order valence-electron chi connectivity index (χ2n) is 4.41. The third kappa shape index (κ3) is 4.84. The van der Waals surface area contributed by atoms with Gasteiger partial charge in [0.1, 0.15) is 0 Å². The predicted octanol–water partition coefficient (Wildman–Crippen LogP) is 3.66. The number of halogens is 2. The molecule has 2 nitrogen and oxygen atoms in total. The van der Waals surface area contributed by atoms with Crippen LogP contribution in [0.1, 0.15) is 31.9 Å². The Kier molecular flexibility index (Phi) is 6.28. The van der Waals surface area contributed by atoms with Crippen molar-refractivity contribution in [3.05, 3.63) is 33.8 Å². The monoisotopic (exact) mass is 275 g/mol. The SMILES string of the molecule is CC(CCO)CNC(C)c1cc(Cl)ccc1Cl. The van der Waals surface area contributed by atoms with Crippen molar-refractivity contribution in [1.29, 1.82) is 0 Å². The van der Waals surface area contributed by atoms with E-state index in [9.17, 15) is 0 Å². The van der Waals surface area contributed by atoms with Crippen molar-refractivity contribution in [2.45, 2.75) is 26.3 Å². The molecular weight excluding hydrogens is 257 g/mol. The molecule has 96 valence electrons.